The topological polar surface area (TPSA) is 32.5 Å². The van der Waals surface area contributed by atoms with Crippen LogP contribution in [0, 0.1) is 0 Å². The van der Waals surface area contributed by atoms with Crippen molar-refractivity contribution in [3.63, 3.8) is 0 Å². The predicted octanol–water partition coefficient (Wildman–Crippen LogP) is 1.68. The van der Waals surface area contributed by atoms with E-state index in [0.717, 1.165) is 12.6 Å². The Morgan fingerprint density at radius 3 is 2.65 bits per heavy atom. The van der Waals surface area contributed by atoms with Crippen molar-refractivity contribution in [2.75, 3.05) is 39.3 Å². The number of nitrogens with two attached hydrogens (primary N) is 1. The lowest BCUT2D eigenvalue weighted by Crippen LogP contribution is -2.50. The molecule has 0 saturated carbocycles. The molecule has 2 fully saturated rings. The highest BCUT2D eigenvalue weighted by molar-refractivity contribution is 4.86. The van der Waals surface area contributed by atoms with Gasteiger partial charge in [0.1, 0.15) is 0 Å². The van der Waals surface area contributed by atoms with Crippen molar-refractivity contribution in [2.45, 2.75) is 51.0 Å². The van der Waals surface area contributed by atoms with Crippen molar-refractivity contribution in [1.82, 2.24) is 9.80 Å². The van der Waals surface area contributed by atoms with E-state index in [1.807, 2.05) is 0 Å². The van der Waals surface area contributed by atoms with Gasteiger partial charge in [-0.3, -0.25) is 4.90 Å². The smallest absolute Gasteiger partial charge is 0.0224 e. The maximum atomic E-state index is 5.50. The van der Waals surface area contributed by atoms with E-state index >= 15 is 0 Å². The molecular weight excluding hydrogens is 210 g/mol. The summed E-state index contributed by atoms with van der Waals surface area (Å²) in [5.74, 6) is 0. The molecule has 1 atom stereocenters. The molecule has 2 heterocycles. The largest absolute Gasteiger partial charge is 0.330 e. The fourth-order valence-corrected chi connectivity index (χ4v) is 3.27. The lowest BCUT2D eigenvalue weighted by molar-refractivity contribution is 0.103. The molecule has 2 N–H and O–H groups in total. The van der Waals surface area contributed by atoms with Crippen molar-refractivity contribution in [1.29, 1.82) is 0 Å². The Hall–Kier alpha value is -0.120. The van der Waals surface area contributed by atoms with Crippen LogP contribution in [0.1, 0.15) is 44.9 Å². The van der Waals surface area contributed by atoms with Crippen LogP contribution in [0.2, 0.25) is 0 Å². The second kappa shape index (κ2) is 7.34. The van der Waals surface area contributed by atoms with Gasteiger partial charge < -0.3 is 10.6 Å². The lowest BCUT2D eigenvalue weighted by Gasteiger charge is -2.37. The second-order valence-electron chi connectivity index (χ2n) is 5.69. The Kier molecular flexibility index (Phi) is 5.75. The predicted molar refractivity (Wildman–Crippen MR) is 73.2 cm³/mol. The summed E-state index contributed by atoms with van der Waals surface area (Å²) in [5.41, 5.74) is 5.50. The summed E-state index contributed by atoms with van der Waals surface area (Å²) in [7, 11) is 0. The number of hydrogen-bond acceptors (Lipinski definition) is 3. The number of fused-ring (bicyclic) bond motifs is 1. The first-order chi connectivity index (χ1) is 8.40. The van der Waals surface area contributed by atoms with E-state index in [-0.39, 0.29) is 0 Å². The minimum Gasteiger partial charge on any atom is -0.330 e. The summed E-state index contributed by atoms with van der Waals surface area (Å²) < 4.78 is 0. The number of hydrogen-bond donors (Lipinski definition) is 1. The maximum Gasteiger partial charge on any atom is 0.0224 e. The fourth-order valence-electron chi connectivity index (χ4n) is 3.27. The zero-order valence-corrected chi connectivity index (χ0v) is 11.2. The van der Waals surface area contributed by atoms with Crippen molar-refractivity contribution in [3.05, 3.63) is 0 Å². The first-order valence-electron chi connectivity index (χ1n) is 7.56. The molecular formula is C14H29N3. The highest BCUT2D eigenvalue weighted by atomic mass is 15.3. The van der Waals surface area contributed by atoms with E-state index in [1.54, 1.807) is 0 Å². The highest BCUT2D eigenvalue weighted by Gasteiger charge is 2.29. The highest BCUT2D eigenvalue weighted by Crippen LogP contribution is 2.21. The van der Waals surface area contributed by atoms with Gasteiger partial charge >= 0.3 is 0 Å². The average molecular weight is 239 g/mol. The quantitative estimate of drug-likeness (QED) is 0.686. The van der Waals surface area contributed by atoms with Crippen LogP contribution in [-0.2, 0) is 0 Å². The Balaban J connectivity index is 1.51. The van der Waals surface area contributed by atoms with Gasteiger partial charge in [0.25, 0.3) is 0 Å². The van der Waals surface area contributed by atoms with E-state index in [9.17, 15) is 0 Å². The molecule has 2 saturated heterocycles. The first-order valence-corrected chi connectivity index (χ1v) is 7.56. The summed E-state index contributed by atoms with van der Waals surface area (Å²) in [6, 6.07) is 0.890. The summed E-state index contributed by atoms with van der Waals surface area (Å²) in [6.07, 6.45) is 9.56. The number of rotatable bonds is 7. The monoisotopic (exact) mass is 239 g/mol. The molecule has 0 aromatic carbocycles. The molecule has 3 nitrogen and oxygen atoms in total. The van der Waals surface area contributed by atoms with Crippen LogP contribution in [-0.4, -0.2) is 55.1 Å². The molecule has 1 unspecified atom stereocenters. The van der Waals surface area contributed by atoms with Gasteiger partial charge in [0, 0.05) is 25.7 Å². The molecule has 100 valence electrons. The molecule has 0 aromatic rings. The molecule has 0 radical (unpaired) electrons. The third-order valence-electron chi connectivity index (χ3n) is 4.35. The van der Waals surface area contributed by atoms with Crippen LogP contribution < -0.4 is 5.73 Å². The van der Waals surface area contributed by atoms with Gasteiger partial charge in [-0.05, 0) is 45.3 Å². The third kappa shape index (κ3) is 4.23. The van der Waals surface area contributed by atoms with Gasteiger partial charge in [0.2, 0.25) is 0 Å². The fraction of sp³-hybridized carbons (Fsp3) is 1.00. The first kappa shape index (κ1) is 13.3. The zero-order valence-electron chi connectivity index (χ0n) is 11.2. The normalized spacial score (nSPS) is 26.3. The van der Waals surface area contributed by atoms with Crippen LogP contribution in [0.5, 0.6) is 0 Å². The standard InChI is InChI=1S/C14H29N3/c15-8-4-2-1-3-5-9-16-11-12-17-10-6-7-14(17)13-16/h14H,1-13,15H2. The number of unbranched alkanes of at least 4 members (excludes halogenated alkanes) is 4. The zero-order chi connectivity index (χ0) is 11.9. The number of nitrogens with zero attached hydrogens (tertiary/aromatic N) is 2. The Labute approximate surface area is 106 Å². The van der Waals surface area contributed by atoms with Crippen LogP contribution in [0.3, 0.4) is 0 Å². The van der Waals surface area contributed by atoms with Gasteiger partial charge in [0.05, 0.1) is 0 Å². The van der Waals surface area contributed by atoms with Crippen LogP contribution in [0.15, 0.2) is 0 Å². The van der Waals surface area contributed by atoms with Crippen LogP contribution in [0.4, 0.5) is 0 Å². The minimum atomic E-state index is 0.865. The van der Waals surface area contributed by atoms with Crippen LogP contribution >= 0.6 is 0 Å². The van der Waals surface area contributed by atoms with E-state index in [2.05, 4.69) is 9.80 Å². The Morgan fingerprint density at radius 1 is 0.941 bits per heavy atom. The van der Waals surface area contributed by atoms with Gasteiger partial charge in [-0.15, -0.1) is 0 Å². The summed E-state index contributed by atoms with van der Waals surface area (Å²) in [4.78, 5) is 5.38. The second-order valence-corrected chi connectivity index (χ2v) is 5.69. The van der Waals surface area contributed by atoms with Crippen molar-refractivity contribution in [3.8, 4) is 0 Å². The molecule has 0 spiro atoms. The van der Waals surface area contributed by atoms with Crippen molar-refractivity contribution < 1.29 is 0 Å². The molecule has 0 bridgehead atoms. The lowest BCUT2D eigenvalue weighted by atomic mass is 10.1. The van der Waals surface area contributed by atoms with E-state index in [4.69, 9.17) is 5.73 Å². The summed E-state index contributed by atoms with van der Waals surface area (Å²) in [6.45, 7) is 7.51. The maximum absolute atomic E-state index is 5.50. The molecule has 17 heavy (non-hydrogen) atoms. The van der Waals surface area contributed by atoms with Gasteiger partial charge in [-0.25, -0.2) is 0 Å². The van der Waals surface area contributed by atoms with E-state index in [0.29, 0.717) is 0 Å². The summed E-state index contributed by atoms with van der Waals surface area (Å²) in [5, 5.41) is 0. The molecule has 2 rings (SSSR count). The Morgan fingerprint density at radius 2 is 1.76 bits per heavy atom. The summed E-state index contributed by atoms with van der Waals surface area (Å²) >= 11 is 0. The van der Waals surface area contributed by atoms with E-state index in [1.165, 1.54) is 77.7 Å². The Bertz CT molecular complexity index is 208. The third-order valence-corrected chi connectivity index (χ3v) is 4.35. The molecule has 0 aromatic heterocycles. The van der Waals surface area contributed by atoms with Gasteiger partial charge in [-0.1, -0.05) is 19.3 Å². The average Bonchev–Trinajstić information content (AvgIpc) is 2.81. The minimum absolute atomic E-state index is 0.865. The molecule has 3 heteroatoms. The molecule has 0 amide bonds. The van der Waals surface area contributed by atoms with Crippen LogP contribution in [0.25, 0.3) is 0 Å². The van der Waals surface area contributed by atoms with Crippen molar-refractivity contribution >= 4 is 0 Å². The SMILES string of the molecule is NCCCCCCCN1CCN2CCCC2C1. The van der Waals surface area contributed by atoms with Crippen molar-refractivity contribution in [2.24, 2.45) is 5.73 Å². The van der Waals surface area contributed by atoms with E-state index < -0.39 is 0 Å². The molecule has 0 aliphatic carbocycles. The molecule has 2 aliphatic heterocycles. The molecule has 2 aliphatic rings. The number of piperazine rings is 1. The van der Waals surface area contributed by atoms with Gasteiger partial charge in [0.15, 0.2) is 0 Å². The van der Waals surface area contributed by atoms with Gasteiger partial charge in [-0.2, -0.15) is 0 Å².